The lowest BCUT2D eigenvalue weighted by molar-refractivity contribution is -0.127. The number of thiophene rings is 1. The van der Waals surface area contributed by atoms with Gasteiger partial charge in [0.15, 0.2) is 5.16 Å². The molecule has 0 aliphatic rings. The Morgan fingerprint density at radius 1 is 1.33 bits per heavy atom. The number of likely N-dealkylation sites (N-methyl/N-ethyl adjacent to an activating group) is 1. The van der Waals surface area contributed by atoms with Crippen molar-refractivity contribution in [3.63, 3.8) is 0 Å². The van der Waals surface area contributed by atoms with Crippen LogP contribution in [-0.2, 0) is 11.3 Å². The largest absolute Gasteiger partial charge is 0.338 e. The number of thioether (sulfide) groups is 1. The molecule has 2 aromatic heterocycles. The van der Waals surface area contributed by atoms with Crippen molar-refractivity contribution >= 4 is 39.2 Å². The zero-order valence-electron chi connectivity index (χ0n) is 16.9. The average Bonchev–Trinajstić information content (AvgIpc) is 2.91. The molecule has 0 aliphatic heterocycles. The first-order valence-electron chi connectivity index (χ1n) is 9.35. The van der Waals surface area contributed by atoms with Gasteiger partial charge in [0.2, 0.25) is 5.91 Å². The molecular formula is C20H29N3O2S2. The molecule has 0 atom stereocenters. The molecule has 0 bridgehead atoms. The summed E-state index contributed by atoms with van der Waals surface area (Å²) in [6, 6.07) is 0. The topological polar surface area (TPSA) is 55.2 Å². The van der Waals surface area contributed by atoms with Crippen LogP contribution in [0.25, 0.3) is 10.2 Å². The van der Waals surface area contributed by atoms with E-state index in [1.165, 1.54) is 11.8 Å². The number of nitrogens with zero attached hydrogens (tertiary/aromatic N) is 3. The minimum absolute atomic E-state index is 0.0135. The molecule has 0 aromatic carbocycles. The lowest BCUT2D eigenvalue weighted by Gasteiger charge is -2.21. The maximum atomic E-state index is 13.1. The maximum Gasteiger partial charge on any atom is 0.263 e. The molecule has 0 aliphatic carbocycles. The highest BCUT2D eigenvalue weighted by Crippen LogP contribution is 2.28. The van der Waals surface area contributed by atoms with Crippen LogP contribution in [-0.4, -0.2) is 39.2 Å². The van der Waals surface area contributed by atoms with Crippen LogP contribution in [0.2, 0.25) is 0 Å². The van der Waals surface area contributed by atoms with Gasteiger partial charge in [-0.3, -0.25) is 14.2 Å². The molecule has 0 fully saturated rings. The van der Waals surface area contributed by atoms with Crippen molar-refractivity contribution < 1.29 is 4.79 Å². The van der Waals surface area contributed by atoms with Crippen LogP contribution in [0.15, 0.2) is 22.1 Å². The third kappa shape index (κ3) is 5.02. The zero-order chi connectivity index (χ0) is 20.1. The molecule has 0 saturated heterocycles. The van der Waals surface area contributed by atoms with Gasteiger partial charge in [0.1, 0.15) is 4.83 Å². The predicted molar refractivity (Wildman–Crippen MR) is 116 cm³/mol. The van der Waals surface area contributed by atoms with Crippen molar-refractivity contribution in [3.8, 4) is 0 Å². The Morgan fingerprint density at radius 3 is 2.63 bits per heavy atom. The summed E-state index contributed by atoms with van der Waals surface area (Å²) in [7, 11) is 0. The van der Waals surface area contributed by atoms with Crippen LogP contribution in [0, 0.1) is 13.8 Å². The first-order chi connectivity index (χ1) is 12.8. The van der Waals surface area contributed by atoms with E-state index in [9.17, 15) is 9.59 Å². The number of aromatic nitrogens is 2. The van der Waals surface area contributed by atoms with E-state index in [0.29, 0.717) is 24.8 Å². The van der Waals surface area contributed by atoms with Gasteiger partial charge in [-0.05, 0) is 39.7 Å². The van der Waals surface area contributed by atoms with Crippen molar-refractivity contribution in [2.45, 2.75) is 59.2 Å². The van der Waals surface area contributed by atoms with Gasteiger partial charge in [0.05, 0.1) is 11.1 Å². The van der Waals surface area contributed by atoms with Gasteiger partial charge in [0, 0.05) is 24.5 Å². The summed E-state index contributed by atoms with van der Waals surface area (Å²) in [6.07, 6.45) is 1.91. The van der Waals surface area contributed by atoms with E-state index in [0.717, 1.165) is 39.1 Å². The van der Waals surface area contributed by atoms with Crippen LogP contribution in [0.1, 0.15) is 44.1 Å². The van der Waals surface area contributed by atoms with Crippen LogP contribution >= 0.6 is 23.1 Å². The summed E-state index contributed by atoms with van der Waals surface area (Å²) >= 11 is 2.91. The summed E-state index contributed by atoms with van der Waals surface area (Å²) in [4.78, 5) is 34.1. The minimum atomic E-state index is 0.0135. The van der Waals surface area contributed by atoms with E-state index in [1.54, 1.807) is 20.8 Å². The normalized spacial score (nSPS) is 11.1. The van der Waals surface area contributed by atoms with E-state index in [-0.39, 0.29) is 17.2 Å². The number of aryl methyl sites for hydroxylation is 2. The number of amides is 1. The van der Waals surface area contributed by atoms with Gasteiger partial charge in [0.25, 0.3) is 5.56 Å². The summed E-state index contributed by atoms with van der Waals surface area (Å²) in [5, 5.41) is 1.36. The number of rotatable bonds is 9. The van der Waals surface area contributed by atoms with Crippen LogP contribution in [0.4, 0.5) is 0 Å². The zero-order valence-corrected chi connectivity index (χ0v) is 18.6. The lowest BCUT2D eigenvalue weighted by Crippen LogP contribution is -2.33. The molecule has 0 radical (unpaired) electrons. The highest BCUT2D eigenvalue weighted by Gasteiger charge is 2.19. The van der Waals surface area contributed by atoms with E-state index in [1.807, 2.05) is 27.7 Å². The lowest BCUT2D eigenvalue weighted by atomic mass is 10.2. The van der Waals surface area contributed by atoms with E-state index in [4.69, 9.17) is 4.98 Å². The monoisotopic (exact) mass is 407 g/mol. The van der Waals surface area contributed by atoms with Gasteiger partial charge < -0.3 is 4.90 Å². The second-order valence-electron chi connectivity index (χ2n) is 6.82. The van der Waals surface area contributed by atoms with Crippen molar-refractivity contribution in [2.24, 2.45) is 0 Å². The highest BCUT2D eigenvalue weighted by molar-refractivity contribution is 7.99. The predicted octanol–water partition coefficient (Wildman–Crippen LogP) is 4.39. The number of fused-ring (bicyclic) bond motifs is 1. The number of hydrogen-bond acceptors (Lipinski definition) is 5. The molecular weight excluding hydrogens is 378 g/mol. The molecule has 2 rings (SSSR count). The molecule has 5 nitrogen and oxygen atoms in total. The molecule has 148 valence electrons. The molecule has 1 amide bonds. The number of unbranched alkanes of at least 4 members (excludes halogenated alkanes) is 1. The fourth-order valence-corrected chi connectivity index (χ4v) is 4.85. The first kappa shape index (κ1) is 21.7. The van der Waals surface area contributed by atoms with E-state index in [2.05, 4.69) is 13.5 Å². The maximum absolute atomic E-state index is 13.1. The van der Waals surface area contributed by atoms with Gasteiger partial charge in [-0.25, -0.2) is 4.98 Å². The van der Waals surface area contributed by atoms with Crippen LogP contribution in [0.5, 0.6) is 0 Å². The third-order valence-corrected chi connectivity index (χ3v) is 6.57. The molecule has 27 heavy (non-hydrogen) atoms. The van der Waals surface area contributed by atoms with Gasteiger partial charge >= 0.3 is 0 Å². The Morgan fingerprint density at radius 2 is 2.04 bits per heavy atom. The Kier molecular flexibility index (Phi) is 7.68. The van der Waals surface area contributed by atoms with Crippen molar-refractivity contribution in [1.29, 1.82) is 0 Å². The van der Waals surface area contributed by atoms with E-state index < -0.39 is 0 Å². The van der Waals surface area contributed by atoms with Crippen molar-refractivity contribution in [2.75, 3.05) is 18.8 Å². The fraction of sp³-hybridized carbons (Fsp3) is 0.550. The summed E-state index contributed by atoms with van der Waals surface area (Å²) < 4.78 is 1.75. The standard InChI is InChI=1S/C20H29N3O2S2/c1-7-9-10-23-19(25)17-14(5)15(6)27-18(17)21-20(23)26-12-16(24)22(8-2)11-13(3)4/h3,7-12H2,1-2,4-6H3. The Hall–Kier alpha value is -1.60. The molecule has 0 spiro atoms. The second-order valence-corrected chi connectivity index (χ2v) is 8.97. The fourth-order valence-electron chi connectivity index (χ4n) is 2.85. The molecule has 2 aromatic rings. The van der Waals surface area contributed by atoms with Gasteiger partial charge in [-0.2, -0.15) is 0 Å². The Balaban J connectivity index is 2.34. The van der Waals surface area contributed by atoms with Crippen LogP contribution in [0.3, 0.4) is 0 Å². The second kappa shape index (κ2) is 9.55. The number of carbonyl (C=O) groups excluding carboxylic acids is 1. The molecule has 0 unspecified atom stereocenters. The molecule has 0 saturated carbocycles. The SMILES string of the molecule is C=C(C)CN(CC)C(=O)CSc1nc2sc(C)c(C)c2c(=O)n1CCCC. The molecule has 7 heteroatoms. The molecule has 0 N–H and O–H groups in total. The average molecular weight is 408 g/mol. The molecule has 2 heterocycles. The van der Waals surface area contributed by atoms with Crippen molar-refractivity contribution in [1.82, 2.24) is 14.5 Å². The van der Waals surface area contributed by atoms with Crippen LogP contribution < -0.4 is 5.56 Å². The third-order valence-electron chi connectivity index (χ3n) is 4.51. The summed E-state index contributed by atoms with van der Waals surface area (Å²) in [5.74, 6) is 0.314. The van der Waals surface area contributed by atoms with Gasteiger partial charge in [-0.1, -0.05) is 37.3 Å². The Labute approximate surface area is 169 Å². The first-order valence-corrected chi connectivity index (χ1v) is 11.2. The number of carbonyl (C=O) groups is 1. The smallest absolute Gasteiger partial charge is 0.263 e. The minimum Gasteiger partial charge on any atom is -0.338 e. The summed E-state index contributed by atoms with van der Waals surface area (Å²) in [6.45, 7) is 15.7. The number of hydrogen-bond donors (Lipinski definition) is 0. The van der Waals surface area contributed by atoms with Gasteiger partial charge in [-0.15, -0.1) is 11.3 Å². The van der Waals surface area contributed by atoms with E-state index >= 15 is 0 Å². The summed E-state index contributed by atoms with van der Waals surface area (Å²) in [5.41, 5.74) is 1.99. The quantitative estimate of drug-likeness (QED) is 0.351. The Bertz CT molecular complexity index is 899. The highest BCUT2D eigenvalue weighted by atomic mass is 32.2. The van der Waals surface area contributed by atoms with Crippen molar-refractivity contribution in [3.05, 3.63) is 32.9 Å².